The molecule has 0 aliphatic carbocycles. The van der Waals surface area contributed by atoms with Crippen LogP contribution >= 0.6 is 11.3 Å². The number of hydrogen-bond donors (Lipinski definition) is 1. The summed E-state index contributed by atoms with van der Waals surface area (Å²) in [5.41, 5.74) is 0. The molecular formula is C11H19N3S. The van der Waals surface area contributed by atoms with E-state index < -0.39 is 0 Å². The van der Waals surface area contributed by atoms with Gasteiger partial charge in [0.25, 0.3) is 0 Å². The average molecular weight is 225 g/mol. The molecule has 0 unspecified atom stereocenters. The summed E-state index contributed by atoms with van der Waals surface area (Å²) in [7, 11) is 1.94. The smallest absolute Gasteiger partial charge is 0.185 e. The fraction of sp³-hybridized carbons (Fsp3) is 0.545. The van der Waals surface area contributed by atoms with Crippen LogP contribution in [-0.4, -0.2) is 31.7 Å². The van der Waals surface area contributed by atoms with Crippen molar-refractivity contribution in [2.24, 2.45) is 0 Å². The van der Waals surface area contributed by atoms with Crippen molar-refractivity contribution in [3.63, 3.8) is 0 Å². The normalized spacial score (nSPS) is 11.1. The van der Waals surface area contributed by atoms with E-state index in [-0.39, 0.29) is 0 Å². The van der Waals surface area contributed by atoms with Gasteiger partial charge in [0.15, 0.2) is 5.13 Å². The summed E-state index contributed by atoms with van der Waals surface area (Å²) < 4.78 is 0. The molecule has 0 spiro atoms. The van der Waals surface area contributed by atoms with E-state index in [2.05, 4.69) is 41.2 Å². The van der Waals surface area contributed by atoms with E-state index in [1.165, 1.54) is 4.88 Å². The molecule has 0 aromatic carbocycles. The Labute approximate surface area is 95.8 Å². The van der Waals surface area contributed by atoms with Crippen molar-refractivity contribution in [3.05, 3.63) is 17.2 Å². The maximum atomic E-state index is 4.41. The molecule has 1 rings (SSSR count). The zero-order chi connectivity index (χ0) is 11.1. The lowest BCUT2D eigenvalue weighted by Crippen LogP contribution is -2.21. The molecule has 0 atom stereocenters. The highest BCUT2D eigenvalue weighted by atomic mass is 32.1. The van der Waals surface area contributed by atoms with E-state index in [9.17, 15) is 0 Å². The van der Waals surface area contributed by atoms with Crippen molar-refractivity contribution < 1.29 is 0 Å². The van der Waals surface area contributed by atoms with Crippen LogP contribution in [0.2, 0.25) is 0 Å². The van der Waals surface area contributed by atoms with Crippen LogP contribution in [0, 0.1) is 0 Å². The van der Waals surface area contributed by atoms with Gasteiger partial charge in [-0.05, 0) is 27.0 Å². The third-order valence-electron chi connectivity index (χ3n) is 2.15. The lowest BCUT2D eigenvalue weighted by atomic mass is 10.4. The van der Waals surface area contributed by atoms with Crippen LogP contribution in [0.4, 0.5) is 5.13 Å². The predicted molar refractivity (Wildman–Crippen MR) is 68.6 cm³/mol. The highest BCUT2D eigenvalue weighted by Gasteiger charge is 2.05. The monoisotopic (exact) mass is 225 g/mol. The first-order valence-corrected chi connectivity index (χ1v) is 6.15. The number of thiazole rings is 1. The van der Waals surface area contributed by atoms with E-state index in [1.54, 1.807) is 11.3 Å². The van der Waals surface area contributed by atoms with Gasteiger partial charge in [-0.1, -0.05) is 17.4 Å². The Hall–Kier alpha value is -0.870. The Kier molecular flexibility index (Phi) is 5.36. The van der Waals surface area contributed by atoms with Gasteiger partial charge in [-0.2, -0.15) is 0 Å². The molecule has 3 nitrogen and oxygen atoms in total. The van der Waals surface area contributed by atoms with E-state index >= 15 is 0 Å². The van der Waals surface area contributed by atoms with Gasteiger partial charge in [0.1, 0.15) is 0 Å². The van der Waals surface area contributed by atoms with Crippen LogP contribution in [-0.2, 0) is 0 Å². The van der Waals surface area contributed by atoms with E-state index in [0.717, 1.165) is 24.8 Å². The summed E-state index contributed by atoms with van der Waals surface area (Å²) in [6.07, 6.45) is 6.16. The minimum atomic E-state index is 0.901. The zero-order valence-electron chi connectivity index (χ0n) is 9.66. The molecule has 0 aliphatic heterocycles. The van der Waals surface area contributed by atoms with Crippen LogP contribution in [0.15, 0.2) is 12.3 Å². The van der Waals surface area contributed by atoms with Crippen LogP contribution in [0.25, 0.3) is 6.08 Å². The number of nitrogens with zero attached hydrogens (tertiary/aromatic N) is 2. The molecule has 15 heavy (non-hydrogen) atoms. The molecule has 0 saturated carbocycles. The Morgan fingerprint density at radius 1 is 1.47 bits per heavy atom. The van der Waals surface area contributed by atoms with E-state index in [0.29, 0.717) is 0 Å². The SMILES string of the molecule is CCN(CC)c1ncc(C=CCNC)s1. The molecule has 0 amide bonds. The van der Waals surface area contributed by atoms with Crippen molar-refractivity contribution in [2.75, 3.05) is 31.6 Å². The topological polar surface area (TPSA) is 28.2 Å². The summed E-state index contributed by atoms with van der Waals surface area (Å²) in [5.74, 6) is 0. The van der Waals surface area contributed by atoms with Gasteiger partial charge < -0.3 is 10.2 Å². The molecule has 1 aromatic heterocycles. The van der Waals surface area contributed by atoms with Gasteiger partial charge in [0.05, 0.1) is 0 Å². The van der Waals surface area contributed by atoms with Crippen molar-refractivity contribution in [1.82, 2.24) is 10.3 Å². The Bertz CT molecular complexity index is 303. The van der Waals surface area contributed by atoms with Crippen LogP contribution in [0.5, 0.6) is 0 Å². The van der Waals surface area contributed by atoms with Crippen molar-refractivity contribution in [3.8, 4) is 0 Å². The number of rotatable bonds is 6. The molecule has 1 N–H and O–H groups in total. The molecule has 0 aliphatic rings. The Morgan fingerprint density at radius 3 is 2.80 bits per heavy atom. The number of hydrogen-bond acceptors (Lipinski definition) is 4. The quantitative estimate of drug-likeness (QED) is 0.804. The van der Waals surface area contributed by atoms with Crippen molar-refractivity contribution >= 4 is 22.5 Å². The second-order valence-corrected chi connectivity index (χ2v) is 4.22. The highest BCUT2D eigenvalue weighted by molar-refractivity contribution is 7.16. The minimum absolute atomic E-state index is 0.901. The molecular weight excluding hydrogens is 206 g/mol. The van der Waals surface area contributed by atoms with Gasteiger partial charge in [0, 0.05) is 30.7 Å². The zero-order valence-corrected chi connectivity index (χ0v) is 10.5. The third kappa shape index (κ3) is 3.64. The number of likely N-dealkylation sites (N-methyl/N-ethyl adjacent to an activating group) is 1. The Balaban J connectivity index is 2.62. The standard InChI is InChI=1S/C11H19N3S/c1-4-14(5-2)11-13-9-10(15-11)7-6-8-12-3/h6-7,9,12H,4-5,8H2,1-3H3. The predicted octanol–water partition coefficient (Wildman–Crippen LogP) is 2.22. The van der Waals surface area contributed by atoms with Crippen molar-refractivity contribution in [1.29, 1.82) is 0 Å². The lowest BCUT2D eigenvalue weighted by molar-refractivity contribution is 0.860. The third-order valence-corrected chi connectivity index (χ3v) is 3.17. The molecule has 0 saturated heterocycles. The largest absolute Gasteiger partial charge is 0.349 e. The lowest BCUT2D eigenvalue weighted by Gasteiger charge is -2.16. The maximum Gasteiger partial charge on any atom is 0.185 e. The molecule has 1 heterocycles. The van der Waals surface area contributed by atoms with Gasteiger partial charge in [-0.15, -0.1) is 0 Å². The van der Waals surface area contributed by atoms with Gasteiger partial charge in [-0.25, -0.2) is 4.98 Å². The first-order chi connectivity index (χ1) is 7.31. The molecule has 0 radical (unpaired) electrons. The molecule has 0 bridgehead atoms. The van der Waals surface area contributed by atoms with Crippen LogP contribution < -0.4 is 10.2 Å². The summed E-state index contributed by atoms with van der Waals surface area (Å²) in [6.45, 7) is 7.24. The second-order valence-electron chi connectivity index (χ2n) is 3.18. The fourth-order valence-electron chi connectivity index (χ4n) is 1.29. The number of nitrogens with one attached hydrogen (secondary N) is 1. The van der Waals surface area contributed by atoms with Crippen LogP contribution in [0.3, 0.4) is 0 Å². The number of aromatic nitrogens is 1. The van der Waals surface area contributed by atoms with Gasteiger partial charge >= 0.3 is 0 Å². The summed E-state index contributed by atoms with van der Waals surface area (Å²) in [4.78, 5) is 7.89. The number of anilines is 1. The van der Waals surface area contributed by atoms with Crippen LogP contribution in [0.1, 0.15) is 18.7 Å². The van der Waals surface area contributed by atoms with E-state index in [1.807, 2.05) is 13.2 Å². The van der Waals surface area contributed by atoms with E-state index in [4.69, 9.17) is 0 Å². The fourth-order valence-corrected chi connectivity index (χ4v) is 2.26. The first-order valence-electron chi connectivity index (χ1n) is 5.33. The molecule has 0 fully saturated rings. The average Bonchev–Trinajstić information content (AvgIpc) is 2.69. The van der Waals surface area contributed by atoms with Gasteiger partial charge in [-0.3, -0.25) is 0 Å². The maximum absolute atomic E-state index is 4.41. The van der Waals surface area contributed by atoms with Crippen molar-refractivity contribution in [2.45, 2.75) is 13.8 Å². The highest BCUT2D eigenvalue weighted by Crippen LogP contribution is 2.22. The molecule has 1 aromatic rings. The summed E-state index contributed by atoms with van der Waals surface area (Å²) >= 11 is 1.74. The first kappa shape index (κ1) is 12.2. The Morgan fingerprint density at radius 2 is 2.20 bits per heavy atom. The molecule has 4 heteroatoms. The summed E-state index contributed by atoms with van der Waals surface area (Å²) in [6, 6.07) is 0. The molecule has 84 valence electrons. The second kappa shape index (κ2) is 6.58. The van der Waals surface area contributed by atoms with Gasteiger partial charge in [0.2, 0.25) is 0 Å². The minimum Gasteiger partial charge on any atom is -0.349 e. The summed E-state index contributed by atoms with van der Waals surface area (Å²) in [5, 5.41) is 4.19.